The number of rotatable bonds is 4. The van der Waals surface area contributed by atoms with Gasteiger partial charge < -0.3 is 11.1 Å². The lowest BCUT2D eigenvalue weighted by Gasteiger charge is -2.57. The Morgan fingerprint density at radius 1 is 1.33 bits per heavy atom. The fourth-order valence-electron chi connectivity index (χ4n) is 4.06. The van der Waals surface area contributed by atoms with Crippen LogP contribution in [0.2, 0.25) is 0 Å². The van der Waals surface area contributed by atoms with E-state index >= 15 is 0 Å². The van der Waals surface area contributed by atoms with Crippen LogP contribution in [0.4, 0.5) is 5.69 Å². The summed E-state index contributed by atoms with van der Waals surface area (Å²) in [4.78, 5) is 12.3. The molecule has 114 valence electrons. The largest absolute Gasteiger partial charge is 0.330 e. The first kappa shape index (κ1) is 14.6. The standard InChI is InChI=1S/C18H26N2O/c1-12(2)14-4-3-5-16(6-14)20-17(21)15-9-18(10-15)7-13(8-18)11-19/h3-6,12-13,15H,7-11,19H2,1-2H3,(H,20,21). The first-order chi connectivity index (χ1) is 10.0. The van der Waals surface area contributed by atoms with Crippen LogP contribution in [0.25, 0.3) is 0 Å². The van der Waals surface area contributed by atoms with E-state index in [1.807, 2.05) is 12.1 Å². The fourth-order valence-corrected chi connectivity index (χ4v) is 4.06. The molecule has 3 rings (SSSR count). The molecule has 0 radical (unpaired) electrons. The van der Waals surface area contributed by atoms with Crippen molar-refractivity contribution >= 4 is 11.6 Å². The topological polar surface area (TPSA) is 55.1 Å². The monoisotopic (exact) mass is 286 g/mol. The maximum absolute atomic E-state index is 12.3. The van der Waals surface area contributed by atoms with Gasteiger partial charge in [-0.15, -0.1) is 0 Å². The number of hydrogen-bond acceptors (Lipinski definition) is 2. The minimum absolute atomic E-state index is 0.192. The van der Waals surface area contributed by atoms with Gasteiger partial charge in [-0.25, -0.2) is 0 Å². The molecule has 3 heteroatoms. The van der Waals surface area contributed by atoms with Crippen molar-refractivity contribution in [2.24, 2.45) is 23.0 Å². The third kappa shape index (κ3) is 2.84. The molecule has 3 nitrogen and oxygen atoms in total. The van der Waals surface area contributed by atoms with Gasteiger partial charge in [0.25, 0.3) is 0 Å². The van der Waals surface area contributed by atoms with Crippen LogP contribution in [0.3, 0.4) is 0 Å². The minimum atomic E-state index is 0.192. The molecule has 2 aliphatic rings. The summed E-state index contributed by atoms with van der Waals surface area (Å²) in [5.74, 6) is 1.58. The first-order valence-corrected chi connectivity index (χ1v) is 8.12. The average Bonchev–Trinajstić information content (AvgIpc) is 2.36. The van der Waals surface area contributed by atoms with Gasteiger partial charge in [-0.05, 0) is 67.2 Å². The van der Waals surface area contributed by atoms with Crippen molar-refractivity contribution in [3.63, 3.8) is 0 Å². The van der Waals surface area contributed by atoms with E-state index in [4.69, 9.17) is 5.73 Å². The summed E-state index contributed by atoms with van der Waals surface area (Å²) in [5, 5.41) is 3.09. The fraction of sp³-hybridized carbons (Fsp3) is 0.611. The molecular weight excluding hydrogens is 260 g/mol. The van der Waals surface area contributed by atoms with Crippen LogP contribution in [-0.4, -0.2) is 12.5 Å². The Hall–Kier alpha value is -1.35. The van der Waals surface area contributed by atoms with Crippen LogP contribution in [0.5, 0.6) is 0 Å². The van der Waals surface area contributed by atoms with Gasteiger partial charge in [0.05, 0.1) is 0 Å². The zero-order valence-electron chi connectivity index (χ0n) is 13.1. The van der Waals surface area contributed by atoms with Crippen LogP contribution in [0.15, 0.2) is 24.3 Å². The molecule has 1 aromatic carbocycles. The molecule has 2 aliphatic carbocycles. The number of benzene rings is 1. The zero-order chi connectivity index (χ0) is 15.0. The van der Waals surface area contributed by atoms with E-state index in [2.05, 4.69) is 31.3 Å². The van der Waals surface area contributed by atoms with Gasteiger partial charge in [0.2, 0.25) is 5.91 Å². The molecule has 0 aliphatic heterocycles. The number of amides is 1. The van der Waals surface area contributed by atoms with E-state index in [1.54, 1.807) is 0 Å². The van der Waals surface area contributed by atoms with E-state index < -0.39 is 0 Å². The zero-order valence-corrected chi connectivity index (χ0v) is 13.1. The molecule has 0 aromatic heterocycles. The molecule has 1 amide bonds. The van der Waals surface area contributed by atoms with Gasteiger partial charge in [-0.3, -0.25) is 4.79 Å². The molecule has 0 unspecified atom stereocenters. The third-order valence-electron chi connectivity index (χ3n) is 5.33. The lowest BCUT2D eigenvalue weighted by molar-refractivity contribution is -0.135. The highest BCUT2D eigenvalue weighted by Crippen LogP contribution is 2.61. The lowest BCUT2D eigenvalue weighted by Crippen LogP contribution is -2.52. The number of nitrogens with two attached hydrogens (primary N) is 1. The molecule has 21 heavy (non-hydrogen) atoms. The van der Waals surface area contributed by atoms with E-state index in [0.717, 1.165) is 25.1 Å². The summed E-state index contributed by atoms with van der Waals surface area (Å²) >= 11 is 0. The third-order valence-corrected chi connectivity index (χ3v) is 5.33. The number of nitrogens with one attached hydrogen (secondary N) is 1. The van der Waals surface area contributed by atoms with Crippen molar-refractivity contribution in [1.29, 1.82) is 0 Å². The van der Waals surface area contributed by atoms with E-state index in [-0.39, 0.29) is 11.8 Å². The summed E-state index contributed by atoms with van der Waals surface area (Å²) < 4.78 is 0. The van der Waals surface area contributed by atoms with Gasteiger partial charge in [-0.2, -0.15) is 0 Å². The number of carbonyl (C=O) groups is 1. The highest BCUT2D eigenvalue weighted by atomic mass is 16.1. The van der Waals surface area contributed by atoms with Crippen molar-refractivity contribution in [2.75, 3.05) is 11.9 Å². The Morgan fingerprint density at radius 2 is 2.05 bits per heavy atom. The number of carbonyl (C=O) groups excluding carboxylic acids is 1. The summed E-state index contributed by atoms with van der Waals surface area (Å²) in [7, 11) is 0. The maximum atomic E-state index is 12.3. The van der Waals surface area contributed by atoms with Crippen molar-refractivity contribution in [3.8, 4) is 0 Å². The Labute approximate surface area is 127 Å². The molecule has 0 bridgehead atoms. The smallest absolute Gasteiger partial charge is 0.227 e. The van der Waals surface area contributed by atoms with Gasteiger partial charge in [0, 0.05) is 11.6 Å². The minimum Gasteiger partial charge on any atom is -0.330 e. The second-order valence-electron chi connectivity index (χ2n) is 7.38. The predicted molar refractivity (Wildman–Crippen MR) is 86.1 cm³/mol. The van der Waals surface area contributed by atoms with E-state index in [0.29, 0.717) is 17.3 Å². The van der Waals surface area contributed by atoms with Crippen LogP contribution >= 0.6 is 0 Å². The van der Waals surface area contributed by atoms with Crippen LogP contribution in [0, 0.1) is 17.3 Å². The Bertz CT molecular complexity index is 524. The van der Waals surface area contributed by atoms with Crippen LogP contribution < -0.4 is 11.1 Å². The first-order valence-electron chi connectivity index (χ1n) is 8.12. The molecule has 0 atom stereocenters. The second-order valence-corrected chi connectivity index (χ2v) is 7.38. The predicted octanol–water partition coefficient (Wildman–Crippen LogP) is 3.51. The van der Waals surface area contributed by atoms with Gasteiger partial charge in [-0.1, -0.05) is 26.0 Å². The Morgan fingerprint density at radius 3 is 2.67 bits per heavy atom. The molecule has 3 N–H and O–H groups in total. The molecular formula is C18H26N2O. The van der Waals surface area contributed by atoms with Gasteiger partial charge in [0.15, 0.2) is 0 Å². The summed E-state index contributed by atoms with van der Waals surface area (Å²) in [5.41, 5.74) is 8.35. The second kappa shape index (κ2) is 5.45. The van der Waals surface area contributed by atoms with Gasteiger partial charge >= 0.3 is 0 Å². The summed E-state index contributed by atoms with van der Waals surface area (Å²) in [6.07, 6.45) is 4.57. The van der Waals surface area contributed by atoms with Crippen molar-refractivity contribution in [3.05, 3.63) is 29.8 Å². The van der Waals surface area contributed by atoms with Crippen LogP contribution in [0.1, 0.15) is 51.0 Å². The lowest BCUT2D eigenvalue weighted by atomic mass is 9.48. The SMILES string of the molecule is CC(C)c1cccc(NC(=O)C2CC3(CC(CN)C3)C2)c1. The molecule has 2 fully saturated rings. The van der Waals surface area contributed by atoms with E-state index in [9.17, 15) is 4.79 Å². The maximum Gasteiger partial charge on any atom is 0.227 e. The molecule has 1 spiro atoms. The van der Waals surface area contributed by atoms with Crippen molar-refractivity contribution in [1.82, 2.24) is 0 Å². The molecule has 1 aromatic rings. The van der Waals surface area contributed by atoms with Crippen LogP contribution in [-0.2, 0) is 4.79 Å². The summed E-state index contributed by atoms with van der Waals surface area (Å²) in [6, 6.07) is 8.20. The average molecular weight is 286 g/mol. The highest BCUT2D eigenvalue weighted by Gasteiger charge is 2.54. The quantitative estimate of drug-likeness (QED) is 0.890. The molecule has 0 heterocycles. The van der Waals surface area contributed by atoms with Crippen molar-refractivity contribution in [2.45, 2.75) is 45.4 Å². The van der Waals surface area contributed by atoms with E-state index in [1.165, 1.54) is 18.4 Å². The highest BCUT2D eigenvalue weighted by molar-refractivity contribution is 5.93. The number of anilines is 1. The van der Waals surface area contributed by atoms with Gasteiger partial charge in [0.1, 0.15) is 0 Å². The molecule has 0 saturated heterocycles. The molecule has 2 saturated carbocycles. The number of hydrogen-bond donors (Lipinski definition) is 2. The Kier molecular flexibility index (Phi) is 3.78. The van der Waals surface area contributed by atoms with Crippen molar-refractivity contribution < 1.29 is 4.79 Å². The summed E-state index contributed by atoms with van der Waals surface area (Å²) in [6.45, 7) is 5.14. The normalized spacial score (nSPS) is 30.9. The Balaban J connectivity index is 1.53.